The maximum absolute atomic E-state index is 9.56. The van der Waals surface area contributed by atoms with Gasteiger partial charge in [0.25, 0.3) is 0 Å². The molecule has 0 radical (unpaired) electrons. The Balaban J connectivity index is 2.53. The topological polar surface area (TPSA) is 38.0 Å². The van der Waals surface area contributed by atoms with E-state index in [2.05, 4.69) is 18.9 Å². The number of hydrogen-bond donors (Lipinski definition) is 1. The molecular weight excluding hydrogens is 176 g/mol. The molecule has 0 amide bonds. The standard InChI is InChI=1S/C11H20N2O/c1-3-5-7-10-9-11(14)13(12-10)8-6-4-2/h9,14H,3-8H2,1-2H3. The number of aromatic hydroxyl groups is 1. The molecule has 1 N–H and O–H groups in total. The molecule has 0 spiro atoms. The molecular formula is C11H20N2O. The largest absolute Gasteiger partial charge is 0.493 e. The molecule has 1 rings (SSSR count). The molecule has 0 unspecified atom stereocenters. The minimum absolute atomic E-state index is 0.310. The van der Waals surface area contributed by atoms with Gasteiger partial charge >= 0.3 is 0 Å². The Morgan fingerprint density at radius 3 is 2.64 bits per heavy atom. The van der Waals surface area contributed by atoms with Crippen LogP contribution >= 0.6 is 0 Å². The highest BCUT2D eigenvalue weighted by molar-refractivity contribution is 5.14. The van der Waals surface area contributed by atoms with E-state index in [0.717, 1.165) is 37.9 Å². The summed E-state index contributed by atoms with van der Waals surface area (Å²) in [5.74, 6) is 0.310. The molecule has 1 heterocycles. The van der Waals surface area contributed by atoms with Gasteiger partial charge in [-0.05, 0) is 19.3 Å². The molecule has 3 heteroatoms. The van der Waals surface area contributed by atoms with Crippen LogP contribution in [0.2, 0.25) is 0 Å². The van der Waals surface area contributed by atoms with Crippen LogP contribution in [-0.4, -0.2) is 14.9 Å². The van der Waals surface area contributed by atoms with Gasteiger partial charge in [-0.2, -0.15) is 5.10 Å². The second-order valence-corrected chi connectivity index (χ2v) is 3.67. The lowest BCUT2D eigenvalue weighted by Crippen LogP contribution is -2.00. The molecule has 0 aromatic carbocycles. The molecule has 0 aliphatic carbocycles. The van der Waals surface area contributed by atoms with Crippen LogP contribution in [-0.2, 0) is 13.0 Å². The van der Waals surface area contributed by atoms with Crippen molar-refractivity contribution in [2.24, 2.45) is 0 Å². The van der Waals surface area contributed by atoms with Crippen LogP contribution in [0.4, 0.5) is 0 Å². The highest BCUT2D eigenvalue weighted by Crippen LogP contribution is 2.14. The van der Waals surface area contributed by atoms with Gasteiger partial charge < -0.3 is 5.11 Å². The van der Waals surface area contributed by atoms with E-state index >= 15 is 0 Å². The monoisotopic (exact) mass is 196 g/mol. The maximum Gasteiger partial charge on any atom is 0.209 e. The van der Waals surface area contributed by atoms with Crippen molar-refractivity contribution in [3.8, 4) is 5.88 Å². The zero-order chi connectivity index (χ0) is 10.4. The number of rotatable bonds is 6. The first-order valence-electron chi connectivity index (χ1n) is 5.53. The van der Waals surface area contributed by atoms with Crippen molar-refractivity contribution in [2.75, 3.05) is 0 Å². The average molecular weight is 196 g/mol. The Morgan fingerprint density at radius 2 is 2.00 bits per heavy atom. The van der Waals surface area contributed by atoms with E-state index in [-0.39, 0.29) is 0 Å². The number of hydrogen-bond acceptors (Lipinski definition) is 2. The van der Waals surface area contributed by atoms with Gasteiger partial charge in [0.05, 0.1) is 5.69 Å². The van der Waals surface area contributed by atoms with E-state index in [1.54, 1.807) is 10.7 Å². The van der Waals surface area contributed by atoms with Gasteiger partial charge in [0, 0.05) is 12.6 Å². The maximum atomic E-state index is 9.56. The first kappa shape index (κ1) is 11.1. The SMILES string of the molecule is CCCCc1cc(O)n(CCCC)n1. The Hall–Kier alpha value is -0.990. The zero-order valence-electron chi connectivity index (χ0n) is 9.16. The van der Waals surface area contributed by atoms with Crippen LogP contribution < -0.4 is 0 Å². The van der Waals surface area contributed by atoms with Crippen LogP contribution in [0.1, 0.15) is 45.2 Å². The van der Waals surface area contributed by atoms with Gasteiger partial charge in [0.15, 0.2) is 0 Å². The summed E-state index contributed by atoms with van der Waals surface area (Å²) >= 11 is 0. The molecule has 80 valence electrons. The summed E-state index contributed by atoms with van der Waals surface area (Å²) < 4.78 is 1.70. The third kappa shape index (κ3) is 3.05. The number of aryl methyl sites for hydroxylation is 2. The Bertz CT molecular complexity index is 268. The fraction of sp³-hybridized carbons (Fsp3) is 0.727. The molecule has 0 saturated heterocycles. The molecule has 3 nitrogen and oxygen atoms in total. The zero-order valence-corrected chi connectivity index (χ0v) is 9.16. The van der Waals surface area contributed by atoms with Crippen LogP contribution in [0.3, 0.4) is 0 Å². The van der Waals surface area contributed by atoms with Gasteiger partial charge in [0.1, 0.15) is 0 Å². The fourth-order valence-electron chi connectivity index (χ4n) is 1.41. The lowest BCUT2D eigenvalue weighted by atomic mass is 10.2. The molecule has 14 heavy (non-hydrogen) atoms. The Labute approximate surface area is 85.8 Å². The molecule has 0 aliphatic heterocycles. The van der Waals surface area contributed by atoms with Gasteiger partial charge in [-0.15, -0.1) is 0 Å². The summed E-state index contributed by atoms with van der Waals surface area (Å²) in [6, 6.07) is 1.78. The second-order valence-electron chi connectivity index (χ2n) is 3.67. The van der Waals surface area contributed by atoms with Crippen molar-refractivity contribution in [1.29, 1.82) is 0 Å². The molecule has 0 bridgehead atoms. The summed E-state index contributed by atoms with van der Waals surface area (Å²) in [6.07, 6.45) is 5.49. The summed E-state index contributed by atoms with van der Waals surface area (Å²) in [5.41, 5.74) is 1.01. The van der Waals surface area contributed by atoms with Crippen molar-refractivity contribution < 1.29 is 5.11 Å². The number of unbranched alkanes of at least 4 members (excludes halogenated alkanes) is 2. The lowest BCUT2D eigenvalue weighted by Gasteiger charge is -2.00. The summed E-state index contributed by atoms with van der Waals surface area (Å²) in [5, 5.41) is 13.9. The lowest BCUT2D eigenvalue weighted by molar-refractivity contribution is 0.393. The predicted molar refractivity (Wildman–Crippen MR) is 57.4 cm³/mol. The minimum Gasteiger partial charge on any atom is -0.493 e. The highest BCUT2D eigenvalue weighted by Gasteiger charge is 2.04. The molecule has 1 aromatic rings. The van der Waals surface area contributed by atoms with Crippen molar-refractivity contribution >= 4 is 0 Å². The summed E-state index contributed by atoms with van der Waals surface area (Å²) in [4.78, 5) is 0. The minimum atomic E-state index is 0.310. The van der Waals surface area contributed by atoms with Gasteiger partial charge in [-0.25, -0.2) is 4.68 Å². The van der Waals surface area contributed by atoms with Crippen molar-refractivity contribution in [2.45, 2.75) is 52.5 Å². The normalized spacial score (nSPS) is 10.7. The first-order valence-corrected chi connectivity index (χ1v) is 5.53. The quantitative estimate of drug-likeness (QED) is 0.759. The highest BCUT2D eigenvalue weighted by atomic mass is 16.3. The smallest absolute Gasteiger partial charge is 0.209 e. The molecule has 1 aromatic heterocycles. The Morgan fingerprint density at radius 1 is 1.29 bits per heavy atom. The number of nitrogens with zero attached hydrogens (tertiary/aromatic N) is 2. The Kier molecular flexibility index (Phi) is 4.50. The molecule has 0 fully saturated rings. The predicted octanol–water partition coefficient (Wildman–Crippen LogP) is 2.73. The van der Waals surface area contributed by atoms with Crippen molar-refractivity contribution in [3.63, 3.8) is 0 Å². The van der Waals surface area contributed by atoms with Crippen LogP contribution in [0.25, 0.3) is 0 Å². The van der Waals surface area contributed by atoms with Gasteiger partial charge in [-0.3, -0.25) is 0 Å². The summed E-state index contributed by atoms with van der Waals surface area (Å²) in [7, 11) is 0. The van der Waals surface area contributed by atoms with Gasteiger partial charge in [-0.1, -0.05) is 26.7 Å². The van der Waals surface area contributed by atoms with Crippen LogP contribution in [0.5, 0.6) is 5.88 Å². The van der Waals surface area contributed by atoms with Crippen molar-refractivity contribution in [3.05, 3.63) is 11.8 Å². The first-order chi connectivity index (χ1) is 6.77. The summed E-state index contributed by atoms with van der Waals surface area (Å²) in [6.45, 7) is 5.13. The second kappa shape index (κ2) is 5.68. The van der Waals surface area contributed by atoms with Gasteiger partial charge in [0.2, 0.25) is 5.88 Å². The van der Waals surface area contributed by atoms with E-state index in [9.17, 15) is 5.11 Å². The third-order valence-corrected chi connectivity index (χ3v) is 2.32. The van der Waals surface area contributed by atoms with Crippen LogP contribution in [0, 0.1) is 0 Å². The fourth-order valence-corrected chi connectivity index (χ4v) is 1.41. The van der Waals surface area contributed by atoms with E-state index in [1.165, 1.54) is 6.42 Å². The molecule has 0 saturated carbocycles. The average Bonchev–Trinajstić information content (AvgIpc) is 2.53. The molecule has 0 aliphatic rings. The van der Waals surface area contributed by atoms with Crippen molar-refractivity contribution in [1.82, 2.24) is 9.78 Å². The third-order valence-electron chi connectivity index (χ3n) is 2.32. The van der Waals surface area contributed by atoms with E-state index in [1.807, 2.05) is 0 Å². The van der Waals surface area contributed by atoms with Crippen LogP contribution in [0.15, 0.2) is 6.07 Å². The van der Waals surface area contributed by atoms with E-state index in [4.69, 9.17) is 0 Å². The van der Waals surface area contributed by atoms with E-state index < -0.39 is 0 Å². The van der Waals surface area contributed by atoms with E-state index in [0.29, 0.717) is 5.88 Å². The number of aromatic nitrogens is 2. The molecule has 0 atom stereocenters.